The number of benzene rings is 1. The van der Waals surface area contributed by atoms with Gasteiger partial charge in [0.25, 0.3) is 0 Å². The first-order valence-electron chi connectivity index (χ1n) is 13.6. The normalized spacial score (nSPS) is 35.6. The van der Waals surface area contributed by atoms with Crippen molar-refractivity contribution >= 4 is 0 Å². The van der Waals surface area contributed by atoms with Crippen LogP contribution in [0.5, 0.6) is 0 Å². The fourth-order valence-corrected chi connectivity index (χ4v) is 7.25. The molecule has 3 saturated carbocycles. The molecule has 2 heteroatoms. The van der Waals surface area contributed by atoms with Gasteiger partial charge in [0.05, 0.1) is 0 Å². The van der Waals surface area contributed by atoms with E-state index in [1.54, 1.807) is 0 Å². The lowest BCUT2D eigenvalue weighted by molar-refractivity contribution is -0.296. The minimum Gasteiger partial charge on any atom is -0.251 e. The molecule has 1 N–H and O–H groups in total. The SMILES string of the molecule is CCCC1CCC(C2CCC(C(OO)c3ccc(C4CCC(C)CC4)cc3)CC2)CC1. The Hall–Kier alpha value is -0.860. The van der Waals surface area contributed by atoms with Crippen LogP contribution in [0.25, 0.3) is 0 Å². The predicted octanol–water partition coefficient (Wildman–Crippen LogP) is 8.92. The molecule has 1 aromatic carbocycles. The smallest absolute Gasteiger partial charge is 0.120 e. The van der Waals surface area contributed by atoms with Gasteiger partial charge in [0, 0.05) is 0 Å². The van der Waals surface area contributed by atoms with Crippen LogP contribution in [0.4, 0.5) is 0 Å². The molecule has 31 heavy (non-hydrogen) atoms. The number of rotatable bonds is 7. The summed E-state index contributed by atoms with van der Waals surface area (Å²) < 4.78 is 0. The van der Waals surface area contributed by atoms with E-state index >= 15 is 0 Å². The Bertz CT molecular complexity index is 629. The Balaban J connectivity index is 1.28. The molecule has 3 aliphatic carbocycles. The van der Waals surface area contributed by atoms with Crippen LogP contribution in [-0.4, -0.2) is 5.26 Å². The summed E-state index contributed by atoms with van der Waals surface area (Å²) in [7, 11) is 0. The third-order valence-corrected chi connectivity index (χ3v) is 9.37. The highest BCUT2D eigenvalue weighted by Crippen LogP contribution is 2.45. The molecule has 0 aliphatic heterocycles. The van der Waals surface area contributed by atoms with Gasteiger partial charge in [-0.1, -0.05) is 76.6 Å². The van der Waals surface area contributed by atoms with Crippen molar-refractivity contribution in [2.45, 2.75) is 116 Å². The predicted molar refractivity (Wildman–Crippen MR) is 129 cm³/mol. The average molecular weight is 427 g/mol. The molecule has 0 saturated heterocycles. The molecule has 0 aromatic heterocycles. The van der Waals surface area contributed by atoms with E-state index in [1.165, 1.54) is 101 Å². The summed E-state index contributed by atoms with van der Waals surface area (Å²) >= 11 is 0. The van der Waals surface area contributed by atoms with Gasteiger partial charge in [-0.15, -0.1) is 0 Å². The Labute approximate surface area is 191 Å². The molecule has 1 atom stereocenters. The Morgan fingerprint density at radius 3 is 1.94 bits per heavy atom. The van der Waals surface area contributed by atoms with Crippen molar-refractivity contribution in [1.29, 1.82) is 0 Å². The van der Waals surface area contributed by atoms with Crippen molar-refractivity contribution in [3.8, 4) is 0 Å². The fourth-order valence-electron chi connectivity index (χ4n) is 7.25. The van der Waals surface area contributed by atoms with Crippen LogP contribution >= 0.6 is 0 Å². The monoisotopic (exact) mass is 426 g/mol. The highest BCUT2D eigenvalue weighted by Gasteiger charge is 2.34. The van der Waals surface area contributed by atoms with Crippen LogP contribution < -0.4 is 0 Å². The highest BCUT2D eigenvalue weighted by molar-refractivity contribution is 5.27. The van der Waals surface area contributed by atoms with Crippen molar-refractivity contribution in [3.05, 3.63) is 35.4 Å². The van der Waals surface area contributed by atoms with Gasteiger partial charge in [0.2, 0.25) is 0 Å². The molecular formula is C29H46O2. The number of hydrogen-bond acceptors (Lipinski definition) is 2. The summed E-state index contributed by atoms with van der Waals surface area (Å²) in [5.74, 6) is 4.95. The maximum atomic E-state index is 9.77. The molecule has 0 bridgehead atoms. The first kappa shape index (κ1) is 23.3. The van der Waals surface area contributed by atoms with Crippen LogP contribution in [0, 0.1) is 29.6 Å². The van der Waals surface area contributed by atoms with Crippen LogP contribution in [0.1, 0.15) is 127 Å². The quantitative estimate of drug-likeness (QED) is 0.348. The second-order valence-electron chi connectivity index (χ2n) is 11.4. The topological polar surface area (TPSA) is 29.5 Å². The van der Waals surface area contributed by atoms with Gasteiger partial charge in [-0.05, 0) is 98.0 Å². The molecule has 0 radical (unpaired) electrons. The minimum atomic E-state index is -0.151. The van der Waals surface area contributed by atoms with E-state index in [4.69, 9.17) is 4.89 Å². The largest absolute Gasteiger partial charge is 0.251 e. The Morgan fingerprint density at radius 1 is 0.806 bits per heavy atom. The summed E-state index contributed by atoms with van der Waals surface area (Å²) in [5.41, 5.74) is 2.65. The average Bonchev–Trinajstić information content (AvgIpc) is 2.82. The molecular weight excluding hydrogens is 380 g/mol. The summed E-state index contributed by atoms with van der Waals surface area (Å²) in [4.78, 5) is 5.10. The van der Waals surface area contributed by atoms with Gasteiger partial charge >= 0.3 is 0 Å². The minimum absolute atomic E-state index is 0.151. The highest BCUT2D eigenvalue weighted by atomic mass is 17.1. The number of hydrogen-bond donors (Lipinski definition) is 1. The van der Waals surface area contributed by atoms with Crippen LogP contribution in [-0.2, 0) is 4.89 Å². The van der Waals surface area contributed by atoms with E-state index in [1.807, 2.05) is 0 Å². The zero-order valence-electron chi connectivity index (χ0n) is 20.1. The van der Waals surface area contributed by atoms with Crippen molar-refractivity contribution in [2.24, 2.45) is 29.6 Å². The summed E-state index contributed by atoms with van der Waals surface area (Å²) in [6.07, 6.45) is 18.9. The van der Waals surface area contributed by atoms with Crippen molar-refractivity contribution in [1.82, 2.24) is 0 Å². The van der Waals surface area contributed by atoms with Gasteiger partial charge in [-0.3, -0.25) is 5.26 Å². The lowest BCUT2D eigenvalue weighted by Crippen LogP contribution is -2.28. The van der Waals surface area contributed by atoms with E-state index in [9.17, 15) is 5.26 Å². The lowest BCUT2D eigenvalue weighted by atomic mass is 9.67. The summed E-state index contributed by atoms with van der Waals surface area (Å²) in [6, 6.07) is 9.08. The van der Waals surface area contributed by atoms with Crippen LogP contribution in [0.3, 0.4) is 0 Å². The zero-order valence-corrected chi connectivity index (χ0v) is 20.1. The van der Waals surface area contributed by atoms with E-state index in [0.29, 0.717) is 5.92 Å². The van der Waals surface area contributed by atoms with Crippen LogP contribution in [0.15, 0.2) is 24.3 Å². The molecule has 3 aliphatic rings. The van der Waals surface area contributed by atoms with Crippen molar-refractivity contribution < 1.29 is 10.1 Å². The van der Waals surface area contributed by atoms with E-state index in [2.05, 4.69) is 38.1 Å². The first-order valence-corrected chi connectivity index (χ1v) is 13.6. The summed E-state index contributed by atoms with van der Waals surface area (Å²) in [5, 5.41) is 9.77. The molecule has 1 aromatic rings. The molecule has 3 fully saturated rings. The Kier molecular flexibility index (Phi) is 8.51. The molecule has 0 heterocycles. The molecule has 0 spiro atoms. The van der Waals surface area contributed by atoms with Gasteiger partial charge in [0.1, 0.15) is 6.10 Å². The fraction of sp³-hybridized carbons (Fsp3) is 0.793. The molecule has 1 unspecified atom stereocenters. The Morgan fingerprint density at radius 2 is 1.39 bits per heavy atom. The lowest BCUT2D eigenvalue weighted by Gasteiger charge is -2.39. The zero-order chi connectivity index (χ0) is 21.6. The molecule has 0 amide bonds. The third-order valence-electron chi connectivity index (χ3n) is 9.37. The maximum absolute atomic E-state index is 9.77. The van der Waals surface area contributed by atoms with Gasteiger partial charge in [-0.25, -0.2) is 4.89 Å². The van der Waals surface area contributed by atoms with E-state index in [-0.39, 0.29) is 6.10 Å². The van der Waals surface area contributed by atoms with Gasteiger partial charge < -0.3 is 0 Å². The van der Waals surface area contributed by atoms with E-state index in [0.717, 1.165) is 29.6 Å². The van der Waals surface area contributed by atoms with Gasteiger partial charge in [0.15, 0.2) is 0 Å². The van der Waals surface area contributed by atoms with Crippen LogP contribution in [0.2, 0.25) is 0 Å². The maximum Gasteiger partial charge on any atom is 0.120 e. The second-order valence-corrected chi connectivity index (χ2v) is 11.4. The molecule has 4 rings (SSSR count). The summed E-state index contributed by atoms with van der Waals surface area (Å²) in [6.45, 7) is 4.71. The van der Waals surface area contributed by atoms with Gasteiger partial charge in [-0.2, -0.15) is 0 Å². The first-order chi connectivity index (χ1) is 15.2. The van der Waals surface area contributed by atoms with Crippen molar-refractivity contribution in [2.75, 3.05) is 0 Å². The third kappa shape index (κ3) is 5.93. The van der Waals surface area contributed by atoms with E-state index < -0.39 is 0 Å². The molecule has 2 nitrogen and oxygen atoms in total. The molecule has 174 valence electrons. The standard InChI is InChI=1S/C29H46O2/c1-3-4-22-7-11-24(12-8-22)26-15-19-28(20-16-26)29(31-30)27-17-13-25(14-18-27)23-9-5-21(2)6-10-23/h13-14,17-18,21-24,26,28-30H,3-12,15-16,19-20H2,1-2H3. The van der Waals surface area contributed by atoms with Crippen molar-refractivity contribution in [3.63, 3.8) is 0 Å². The second kappa shape index (κ2) is 11.3.